The average Bonchev–Trinajstić information content (AvgIpc) is 3.19. The standard InChI is InChI=1S/C14H17N5O2/c1-15-12-9-21-8-10(12)14(20)17-11-4-2-3-5-13(11)19-7-6-16-18-19/h2-7,10,12,15H,8-9H2,1H3,(H,17,20). The summed E-state index contributed by atoms with van der Waals surface area (Å²) < 4.78 is 6.99. The fraction of sp³-hybridized carbons (Fsp3) is 0.357. The van der Waals surface area contributed by atoms with Crippen molar-refractivity contribution in [1.29, 1.82) is 0 Å². The molecule has 1 aromatic carbocycles. The highest BCUT2D eigenvalue weighted by molar-refractivity contribution is 5.95. The third-order valence-electron chi connectivity index (χ3n) is 3.62. The van der Waals surface area contributed by atoms with Crippen molar-refractivity contribution in [3.05, 3.63) is 36.7 Å². The Kier molecular flexibility index (Phi) is 3.94. The van der Waals surface area contributed by atoms with Gasteiger partial charge in [-0.15, -0.1) is 5.10 Å². The van der Waals surface area contributed by atoms with Crippen LogP contribution in [0.2, 0.25) is 0 Å². The molecule has 0 spiro atoms. The molecule has 110 valence electrons. The number of ether oxygens (including phenoxy) is 1. The molecule has 7 heteroatoms. The SMILES string of the molecule is CNC1COCC1C(=O)Nc1ccccc1-n1ccnn1. The maximum Gasteiger partial charge on any atom is 0.231 e. The molecule has 1 aliphatic heterocycles. The molecule has 7 nitrogen and oxygen atoms in total. The monoisotopic (exact) mass is 287 g/mol. The predicted octanol–water partition coefficient (Wildman–Crippen LogP) is 0.440. The normalized spacial score (nSPS) is 21.4. The first-order valence-corrected chi connectivity index (χ1v) is 6.81. The Morgan fingerprint density at radius 1 is 1.38 bits per heavy atom. The number of aromatic nitrogens is 3. The molecule has 1 amide bonds. The predicted molar refractivity (Wildman–Crippen MR) is 77.1 cm³/mol. The molecule has 2 unspecified atom stereocenters. The van der Waals surface area contributed by atoms with Crippen molar-refractivity contribution in [2.75, 3.05) is 25.6 Å². The summed E-state index contributed by atoms with van der Waals surface area (Å²) in [5.41, 5.74) is 1.48. The molecule has 1 aromatic heterocycles. The van der Waals surface area contributed by atoms with Gasteiger partial charge in [0.15, 0.2) is 0 Å². The number of anilines is 1. The minimum Gasteiger partial charge on any atom is -0.379 e. The van der Waals surface area contributed by atoms with E-state index in [2.05, 4.69) is 20.9 Å². The van der Waals surface area contributed by atoms with Gasteiger partial charge >= 0.3 is 0 Å². The topological polar surface area (TPSA) is 81.1 Å². The van der Waals surface area contributed by atoms with E-state index in [0.29, 0.717) is 18.9 Å². The second-order valence-electron chi connectivity index (χ2n) is 4.89. The molecule has 21 heavy (non-hydrogen) atoms. The second kappa shape index (κ2) is 6.02. The lowest BCUT2D eigenvalue weighted by molar-refractivity contribution is -0.120. The van der Waals surface area contributed by atoms with Gasteiger partial charge in [0.1, 0.15) is 0 Å². The zero-order valence-electron chi connectivity index (χ0n) is 11.7. The van der Waals surface area contributed by atoms with E-state index in [1.165, 1.54) is 0 Å². The summed E-state index contributed by atoms with van der Waals surface area (Å²) in [6.45, 7) is 0.988. The maximum atomic E-state index is 12.4. The minimum atomic E-state index is -0.196. The zero-order chi connectivity index (χ0) is 14.7. The van der Waals surface area contributed by atoms with Crippen LogP contribution in [0.5, 0.6) is 0 Å². The zero-order valence-corrected chi connectivity index (χ0v) is 11.7. The van der Waals surface area contributed by atoms with Crippen molar-refractivity contribution in [3.8, 4) is 5.69 Å². The van der Waals surface area contributed by atoms with Gasteiger partial charge in [-0.1, -0.05) is 17.3 Å². The summed E-state index contributed by atoms with van der Waals surface area (Å²) >= 11 is 0. The Labute approximate surface area is 122 Å². The first kappa shape index (κ1) is 13.7. The van der Waals surface area contributed by atoms with E-state index in [1.54, 1.807) is 17.1 Å². The first-order valence-electron chi connectivity index (χ1n) is 6.81. The van der Waals surface area contributed by atoms with Crippen LogP contribution in [-0.4, -0.2) is 47.2 Å². The molecule has 1 saturated heterocycles. The van der Waals surface area contributed by atoms with E-state index >= 15 is 0 Å². The highest BCUT2D eigenvalue weighted by atomic mass is 16.5. The molecule has 0 aliphatic carbocycles. The van der Waals surface area contributed by atoms with Gasteiger partial charge in [-0.05, 0) is 19.2 Å². The van der Waals surface area contributed by atoms with E-state index in [1.807, 2.05) is 31.3 Å². The number of carbonyl (C=O) groups excluding carboxylic acids is 1. The largest absolute Gasteiger partial charge is 0.379 e. The van der Waals surface area contributed by atoms with Gasteiger partial charge < -0.3 is 15.4 Å². The van der Waals surface area contributed by atoms with E-state index in [4.69, 9.17) is 4.74 Å². The molecular weight excluding hydrogens is 270 g/mol. The van der Waals surface area contributed by atoms with Crippen LogP contribution < -0.4 is 10.6 Å². The summed E-state index contributed by atoms with van der Waals surface area (Å²) in [5, 5.41) is 13.8. The van der Waals surface area contributed by atoms with Crippen molar-refractivity contribution in [2.24, 2.45) is 5.92 Å². The Hall–Kier alpha value is -2.25. The molecule has 0 bridgehead atoms. The minimum absolute atomic E-state index is 0.0449. The number of hydrogen-bond donors (Lipinski definition) is 2. The number of amides is 1. The second-order valence-corrected chi connectivity index (χ2v) is 4.89. The van der Waals surface area contributed by atoms with Gasteiger partial charge in [-0.25, -0.2) is 4.68 Å². The van der Waals surface area contributed by atoms with Crippen LogP contribution >= 0.6 is 0 Å². The van der Waals surface area contributed by atoms with Crippen molar-refractivity contribution >= 4 is 11.6 Å². The molecular formula is C14H17N5O2. The highest BCUT2D eigenvalue weighted by Gasteiger charge is 2.33. The Morgan fingerprint density at radius 2 is 2.24 bits per heavy atom. The number of carbonyl (C=O) groups is 1. The van der Waals surface area contributed by atoms with Crippen LogP contribution in [0.1, 0.15) is 0 Å². The first-order chi connectivity index (χ1) is 10.3. The van der Waals surface area contributed by atoms with Gasteiger partial charge in [0.05, 0.1) is 42.9 Å². The van der Waals surface area contributed by atoms with Gasteiger partial charge in [0.2, 0.25) is 5.91 Å². The highest BCUT2D eigenvalue weighted by Crippen LogP contribution is 2.21. The van der Waals surface area contributed by atoms with Gasteiger partial charge in [0, 0.05) is 6.04 Å². The molecule has 0 saturated carbocycles. The van der Waals surface area contributed by atoms with Crippen molar-refractivity contribution in [1.82, 2.24) is 20.3 Å². The Bertz CT molecular complexity index is 614. The lowest BCUT2D eigenvalue weighted by atomic mass is 10.0. The smallest absolute Gasteiger partial charge is 0.231 e. The molecule has 2 aromatic rings. The Balaban J connectivity index is 1.81. The van der Waals surface area contributed by atoms with E-state index in [9.17, 15) is 4.79 Å². The molecule has 3 rings (SSSR count). The Morgan fingerprint density at radius 3 is 3.00 bits per heavy atom. The average molecular weight is 287 g/mol. The molecule has 1 fully saturated rings. The summed E-state index contributed by atoms with van der Waals surface area (Å²) in [6, 6.07) is 7.53. The third-order valence-corrected chi connectivity index (χ3v) is 3.62. The van der Waals surface area contributed by atoms with Crippen molar-refractivity contribution in [2.45, 2.75) is 6.04 Å². The lowest BCUT2D eigenvalue weighted by Crippen LogP contribution is -2.39. The third kappa shape index (κ3) is 2.79. The molecule has 2 heterocycles. The van der Waals surface area contributed by atoms with Crippen molar-refractivity contribution < 1.29 is 9.53 Å². The fourth-order valence-electron chi connectivity index (χ4n) is 2.44. The summed E-state index contributed by atoms with van der Waals surface area (Å²) in [5.74, 6) is -0.252. The van der Waals surface area contributed by atoms with Crippen molar-refractivity contribution in [3.63, 3.8) is 0 Å². The number of nitrogens with zero attached hydrogens (tertiary/aromatic N) is 3. The van der Waals surface area contributed by atoms with Gasteiger partial charge in [-0.3, -0.25) is 4.79 Å². The van der Waals surface area contributed by atoms with Crippen LogP contribution in [0.3, 0.4) is 0 Å². The van der Waals surface area contributed by atoms with Crippen LogP contribution in [0.25, 0.3) is 5.69 Å². The van der Waals surface area contributed by atoms with Gasteiger partial charge in [0.25, 0.3) is 0 Å². The lowest BCUT2D eigenvalue weighted by Gasteiger charge is -2.17. The number of rotatable bonds is 4. The molecule has 2 atom stereocenters. The van der Waals surface area contributed by atoms with E-state index < -0.39 is 0 Å². The van der Waals surface area contributed by atoms with E-state index in [-0.39, 0.29) is 17.9 Å². The number of benzene rings is 1. The molecule has 0 radical (unpaired) electrons. The van der Waals surface area contributed by atoms with E-state index in [0.717, 1.165) is 5.69 Å². The summed E-state index contributed by atoms with van der Waals surface area (Å²) in [7, 11) is 1.84. The van der Waals surface area contributed by atoms with Gasteiger partial charge in [-0.2, -0.15) is 0 Å². The fourth-order valence-corrected chi connectivity index (χ4v) is 2.44. The maximum absolute atomic E-state index is 12.4. The number of hydrogen-bond acceptors (Lipinski definition) is 5. The van der Waals surface area contributed by atoms with Crippen LogP contribution in [0.15, 0.2) is 36.7 Å². The molecule has 1 aliphatic rings. The van der Waals surface area contributed by atoms with Crippen LogP contribution in [0.4, 0.5) is 5.69 Å². The quantitative estimate of drug-likeness (QED) is 0.853. The summed E-state index contributed by atoms with van der Waals surface area (Å²) in [6.07, 6.45) is 3.33. The number of para-hydroxylation sites is 2. The number of nitrogens with one attached hydrogen (secondary N) is 2. The molecule has 2 N–H and O–H groups in total. The number of likely N-dealkylation sites (N-methyl/N-ethyl adjacent to an activating group) is 1. The van der Waals surface area contributed by atoms with Crippen LogP contribution in [-0.2, 0) is 9.53 Å². The summed E-state index contributed by atoms with van der Waals surface area (Å²) in [4.78, 5) is 12.4. The van der Waals surface area contributed by atoms with Crippen LogP contribution in [0, 0.1) is 5.92 Å².